The van der Waals surface area contributed by atoms with Crippen LogP contribution in [0.15, 0.2) is 15.9 Å². The smallest absolute Gasteiger partial charge is 0.0300 e. The number of halogens is 1. The molecule has 0 amide bonds. The summed E-state index contributed by atoms with van der Waals surface area (Å²) in [6.07, 6.45) is 2.30. The fourth-order valence-corrected chi connectivity index (χ4v) is 3.49. The number of hydrogen-bond acceptors (Lipinski definition) is 4. The average Bonchev–Trinajstić information content (AvgIpc) is 2.73. The maximum absolute atomic E-state index is 5.88. The Labute approximate surface area is 116 Å². The predicted octanol–water partition coefficient (Wildman–Crippen LogP) is 2.02. The molecule has 0 spiro atoms. The third-order valence-electron chi connectivity index (χ3n) is 3.16. The van der Waals surface area contributed by atoms with Gasteiger partial charge in [0.05, 0.1) is 0 Å². The van der Waals surface area contributed by atoms with Crippen LogP contribution in [0.25, 0.3) is 0 Å². The molecule has 0 atom stereocenters. The molecule has 2 heterocycles. The Morgan fingerprint density at radius 3 is 2.88 bits per heavy atom. The van der Waals surface area contributed by atoms with Crippen LogP contribution in [0.4, 0.5) is 0 Å². The van der Waals surface area contributed by atoms with Gasteiger partial charge in [-0.05, 0) is 47.9 Å². The number of thiophene rings is 1. The van der Waals surface area contributed by atoms with Crippen LogP contribution in [0, 0.1) is 0 Å². The van der Waals surface area contributed by atoms with E-state index in [2.05, 4.69) is 37.6 Å². The van der Waals surface area contributed by atoms with Crippen LogP contribution in [0.1, 0.15) is 17.7 Å². The minimum Gasteiger partial charge on any atom is -0.328 e. The summed E-state index contributed by atoms with van der Waals surface area (Å²) in [5.41, 5.74) is 5.88. The van der Waals surface area contributed by atoms with Gasteiger partial charge >= 0.3 is 0 Å². The SMILES string of the molecule is NC1CCN(CCNCc2cc(Br)cs2)CC1. The Morgan fingerprint density at radius 1 is 1.47 bits per heavy atom. The molecule has 1 aliphatic heterocycles. The second-order valence-corrected chi connectivity index (χ2v) is 6.50. The first-order chi connectivity index (χ1) is 8.24. The van der Waals surface area contributed by atoms with E-state index in [-0.39, 0.29) is 0 Å². The van der Waals surface area contributed by atoms with Crippen molar-refractivity contribution in [2.75, 3.05) is 26.2 Å². The topological polar surface area (TPSA) is 41.3 Å². The van der Waals surface area contributed by atoms with Gasteiger partial charge in [0.2, 0.25) is 0 Å². The van der Waals surface area contributed by atoms with Crippen LogP contribution in [0.2, 0.25) is 0 Å². The van der Waals surface area contributed by atoms with E-state index in [4.69, 9.17) is 5.73 Å². The van der Waals surface area contributed by atoms with E-state index in [9.17, 15) is 0 Å². The molecule has 3 N–H and O–H groups in total. The van der Waals surface area contributed by atoms with E-state index in [1.54, 1.807) is 11.3 Å². The van der Waals surface area contributed by atoms with E-state index in [0.29, 0.717) is 6.04 Å². The summed E-state index contributed by atoms with van der Waals surface area (Å²) in [5.74, 6) is 0. The van der Waals surface area contributed by atoms with Gasteiger partial charge in [0.15, 0.2) is 0 Å². The first kappa shape index (κ1) is 13.5. The minimum absolute atomic E-state index is 0.433. The van der Waals surface area contributed by atoms with Crippen molar-refractivity contribution in [3.8, 4) is 0 Å². The molecule has 0 aliphatic carbocycles. The van der Waals surface area contributed by atoms with Crippen LogP contribution < -0.4 is 11.1 Å². The quantitative estimate of drug-likeness (QED) is 0.816. The lowest BCUT2D eigenvalue weighted by atomic mass is 10.1. The highest BCUT2D eigenvalue weighted by Gasteiger charge is 2.14. The molecule has 1 aromatic rings. The molecule has 0 aromatic carbocycles. The molecule has 0 bridgehead atoms. The third-order valence-corrected chi connectivity index (χ3v) is 4.86. The largest absolute Gasteiger partial charge is 0.328 e. The van der Waals surface area contributed by atoms with Gasteiger partial charge in [0, 0.05) is 40.4 Å². The van der Waals surface area contributed by atoms with Crippen molar-refractivity contribution in [2.45, 2.75) is 25.4 Å². The maximum atomic E-state index is 5.88. The first-order valence-electron chi connectivity index (χ1n) is 6.15. The van der Waals surface area contributed by atoms with Gasteiger partial charge in [0.25, 0.3) is 0 Å². The molecule has 1 aliphatic rings. The predicted molar refractivity (Wildman–Crippen MR) is 77.4 cm³/mol. The summed E-state index contributed by atoms with van der Waals surface area (Å²) in [7, 11) is 0. The van der Waals surface area contributed by atoms with Crippen molar-refractivity contribution < 1.29 is 0 Å². The highest BCUT2D eigenvalue weighted by molar-refractivity contribution is 9.10. The van der Waals surface area contributed by atoms with Gasteiger partial charge < -0.3 is 16.0 Å². The van der Waals surface area contributed by atoms with Gasteiger partial charge in [-0.15, -0.1) is 11.3 Å². The molecule has 2 rings (SSSR count). The molecule has 0 radical (unpaired) electrons. The van der Waals surface area contributed by atoms with Crippen molar-refractivity contribution in [3.63, 3.8) is 0 Å². The molecule has 0 saturated carbocycles. The van der Waals surface area contributed by atoms with E-state index < -0.39 is 0 Å². The highest BCUT2D eigenvalue weighted by atomic mass is 79.9. The highest BCUT2D eigenvalue weighted by Crippen LogP contribution is 2.19. The molecule has 1 saturated heterocycles. The van der Waals surface area contributed by atoms with Crippen LogP contribution in [-0.4, -0.2) is 37.1 Å². The van der Waals surface area contributed by atoms with Gasteiger partial charge in [-0.25, -0.2) is 0 Å². The lowest BCUT2D eigenvalue weighted by Crippen LogP contribution is -2.42. The van der Waals surface area contributed by atoms with Crippen molar-refractivity contribution in [1.29, 1.82) is 0 Å². The van der Waals surface area contributed by atoms with Gasteiger partial charge in [-0.1, -0.05) is 0 Å². The summed E-state index contributed by atoms with van der Waals surface area (Å²) in [6.45, 7) is 5.49. The number of nitrogens with one attached hydrogen (secondary N) is 1. The first-order valence-corrected chi connectivity index (χ1v) is 7.83. The molecule has 96 valence electrons. The standard InChI is InChI=1S/C12H20BrN3S/c13-10-7-12(17-9-10)8-15-3-6-16-4-1-11(14)2-5-16/h7,9,11,15H,1-6,8,14H2. The second-order valence-electron chi connectivity index (χ2n) is 4.59. The van der Waals surface area contributed by atoms with Crippen molar-refractivity contribution in [2.24, 2.45) is 5.73 Å². The Hall–Kier alpha value is 0.0600. The Kier molecular flexibility index (Phi) is 5.44. The van der Waals surface area contributed by atoms with E-state index in [1.165, 1.54) is 9.35 Å². The summed E-state index contributed by atoms with van der Waals surface area (Å²) in [6, 6.07) is 2.61. The van der Waals surface area contributed by atoms with Gasteiger partial charge in [0.1, 0.15) is 0 Å². The van der Waals surface area contributed by atoms with Crippen molar-refractivity contribution in [3.05, 3.63) is 20.8 Å². The molecule has 17 heavy (non-hydrogen) atoms. The second kappa shape index (κ2) is 6.85. The summed E-state index contributed by atoms with van der Waals surface area (Å²) >= 11 is 5.27. The lowest BCUT2D eigenvalue weighted by Gasteiger charge is -2.29. The zero-order valence-corrected chi connectivity index (χ0v) is 12.4. The van der Waals surface area contributed by atoms with Gasteiger partial charge in [-0.3, -0.25) is 0 Å². The van der Waals surface area contributed by atoms with Crippen molar-refractivity contribution >= 4 is 27.3 Å². The monoisotopic (exact) mass is 317 g/mol. The summed E-state index contributed by atoms with van der Waals surface area (Å²) < 4.78 is 1.18. The van der Waals surface area contributed by atoms with Crippen LogP contribution in [-0.2, 0) is 6.54 Å². The Balaban J connectivity index is 1.57. The normalized spacial score (nSPS) is 18.7. The van der Waals surface area contributed by atoms with Crippen LogP contribution >= 0.6 is 27.3 Å². The van der Waals surface area contributed by atoms with E-state index >= 15 is 0 Å². The summed E-state index contributed by atoms with van der Waals surface area (Å²) in [5, 5.41) is 5.62. The number of piperidine rings is 1. The molecular weight excluding hydrogens is 298 g/mol. The number of likely N-dealkylation sites (tertiary alicyclic amines) is 1. The molecule has 0 unspecified atom stereocenters. The number of hydrogen-bond donors (Lipinski definition) is 2. The third kappa shape index (κ3) is 4.67. The molecule has 1 aromatic heterocycles. The van der Waals surface area contributed by atoms with Crippen LogP contribution in [0.3, 0.4) is 0 Å². The number of nitrogens with two attached hydrogens (primary N) is 1. The Bertz CT molecular complexity index is 334. The van der Waals surface area contributed by atoms with E-state index in [0.717, 1.165) is 45.6 Å². The van der Waals surface area contributed by atoms with Crippen LogP contribution in [0.5, 0.6) is 0 Å². The minimum atomic E-state index is 0.433. The zero-order valence-electron chi connectivity index (χ0n) is 9.99. The lowest BCUT2D eigenvalue weighted by molar-refractivity contribution is 0.213. The number of rotatable bonds is 5. The maximum Gasteiger partial charge on any atom is 0.0300 e. The van der Waals surface area contributed by atoms with Crippen molar-refractivity contribution in [1.82, 2.24) is 10.2 Å². The zero-order chi connectivity index (χ0) is 12.1. The molecule has 3 nitrogen and oxygen atoms in total. The molecule has 5 heteroatoms. The molecule has 1 fully saturated rings. The Morgan fingerprint density at radius 2 is 2.24 bits per heavy atom. The van der Waals surface area contributed by atoms with Gasteiger partial charge in [-0.2, -0.15) is 0 Å². The van der Waals surface area contributed by atoms with E-state index in [1.807, 2.05) is 0 Å². The fraction of sp³-hybridized carbons (Fsp3) is 0.667. The molecular formula is C12H20BrN3S. The number of nitrogens with zero attached hydrogens (tertiary/aromatic N) is 1. The summed E-state index contributed by atoms with van der Waals surface area (Å²) in [4.78, 5) is 3.89. The average molecular weight is 318 g/mol. The fourth-order valence-electron chi connectivity index (χ4n) is 2.07.